The minimum atomic E-state index is 0. The van der Waals surface area contributed by atoms with Crippen molar-refractivity contribution < 1.29 is 4.79 Å². The van der Waals surface area contributed by atoms with Crippen molar-refractivity contribution in [3.63, 3.8) is 0 Å². The molecule has 1 aliphatic heterocycles. The van der Waals surface area contributed by atoms with E-state index in [1.807, 2.05) is 11.9 Å². The van der Waals surface area contributed by atoms with Crippen LogP contribution in [0.5, 0.6) is 0 Å². The summed E-state index contributed by atoms with van der Waals surface area (Å²) < 4.78 is 0. The van der Waals surface area contributed by atoms with Crippen molar-refractivity contribution >= 4 is 18.3 Å². The van der Waals surface area contributed by atoms with Gasteiger partial charge in [0.15, 0.2) is 0 Å². The molecule has 0 saturated carbocycles. The lowest BCUT2D eigenvalue weighted by atomic mass is 9.90. The number of carbonyl (C=O) groups is 1. The summed E-state index contributed by atoms with van der Waals surface area (Å²) in [7, 11) is 1.97. The third-order valence-corrected chi connectivity index (χ3v) is 3.04. The lowest BCUT2D eigenvalue weighted by molar-refractivity contribution is -0.130. The second-order valence-electron chi connectivity index (χ2n) is 5.67. The normalized spacial score (nSPS) is 20.8. The van der Waals surface area contributed by atoms with Crippen LogP contribution in [0.3, 0.4) is 0 Å². The Balaban J connectivity index is 0.00000225. The van der Waals surface area contributed by atoms with Gasteiger partial charge in [-0.05, 0) is 25.3 Å². The average Bonchev–Trinajstić information content (AvgIpc) is 2.61. The number of hydrogen-bond donors (Lipinski definition) is 1. The number of amides is 1. The van der Waals surface area contributed by atoms with Crippen LogP contribution in [0.25, 0.3) is 0 Å². The Morgan fingerprint density at radius 2 is 2.06 bits per heavy atom. The first kappa shape index (κ1) is 15.7. The molecule has 1 unspecified atom stereocenters. The van der Waals surface area contributed by atoms with E-state index < -0.39 is 0 Å². The van der Waals surface area contributed by atoms with Crippen molar-refractivity contribution in [3.05, 3.63) is 0 Å². The highest BCUT2D eigenvalue weighted by molar-refractivity contribution is 5.85. The molecule has 0 aromatic carbocycles. The molecule has 0 aromatic heterocycles. The van der Waals surface area contributed by atoms with Gasteiger partial charge in [-0.25, -0.2) is 0 Å². The van der Waals surface area contributed by atoms with Crippen molar-refractivity contribution in [2.75, 3.05) is 20.1 Å². The van der Waals surface area contributed by atoms with Crippen LogP contribution in [-0.4, -0.2) is 37.0 Å². The molecule has 1 heterocycles. The van der Waals surface area contributed by atoms with E-state index in [-0.39, 0.29) is 17.8 Å². The maximum atomic E-state index is 11.9. The molecule has 0 bridgehead atoms. The molecule has 1 amide bonds. The minimum Gasteiger partial charge on any atom is -0.341 e. The van der Waals surface area contributed by atoms with E-state index in [4.69, 9.17) is 0 Å². The van der Waals surface area contributed by atoms with Gasteiger partial charge >= 0.3 is 0 Å². The first-order chi connectivity index (χ1) is 6.92. The fraction of sp³-hybridized carbons (Fsp3) is 0.917. The molecule has 0 aliphatic carbocycles. The molecule has 1 atom stereocenters. The van der Waals surface area contributed by atoms with Gasteiger partial charge in [0.2, 0.25) is 5.91 Å². The molecule has 4 heteroatoms. The zero-order valence-electron chi connectivity index (χ0n) is 10.9. The molecule has 1 rings (SSSR count). The van der Waals surface area contributed by atoms with E-state index in [0.29, 0.717) is 18.4 Å². The smallest absolute Gasteiger partial charge is 0.222 e. The minimum absolute atomic E-state index is 0. The third-order valence-electron chi connectivity index (χ3n) is 3.04. The third kappa shape index (κ3) is 5.17. The molecule has 0 radical (unpaired) electrons. The quantitative estimate of drug-likeness (QED) is 0.829. The molecular formula is C12H25ClN2O. The summed E-state index contributed by atoms with van der Waals surface area (Å²) in [5, 5.41) is 3.23. The summed E-state index contributed by atoms with van der Waals surface area (Å²) >= 11 is 0. The standard InChI is InChI=1S/C12H24N2O.ClH/c1-12(2,3)7-5-11(15)14-8-6-10(9-14)13-4;/h10,13H,5-9H2,1-4H3;1H. The van der Waals surface area contributed by atoms with Gasteiger partial charge in [-0.2, -0.15) is 0 Å². The molecule has 0 aromatic rings. The molecule has 1 N–H and O–H groups in total. The van der Waals surface area contributed by atoms with Crippen molar-refractivity contribution in [1.82, 2.24) is 10.2 Å². The summed E-state index contributed by atoms with van der Waals surface area (Å²) in [4.78, 5) is 13.8. The molecule has 0 spiro atoms. The first-order valence-electron chi connectivity index (χ1n) is 5.87. The van der Waals surface area contributed by atoms with Gasteiger partial charge in [0.25, 0.3) is 0 Å². The largest absolute Gasteiger partial charge is 0.341 e. The lowest BCUT2D eigenvalue weighted by Gasteiger charge is -2.21. The number of nitrogens with one attached hydrogen (secondary N) is 1. The highest BCUT2D eigenvalue weighted by Crippen LogP contribution is 2.22. The van der Waals surface area contributed by atoms with Crippen LogP contribution >= 0.6 is 12.4 Å². The molecule has 1 fully saturated rings. The van der Waals surface area contributed by atoms with Gasteiger partial charge in [-0.15, -0.1) is 12.4 Å². The van der Waals surface area contributed by atoms with Crippen LogP contribution < -0.4 is 5.32 Å². The highest BCUT2D eigenvalue weighted by Gasteiger charge is 2.25. The monoisotopic (exact) mass is 248 g/mol. The zero-order valence-corrected chi connectivity index (χ0v) is 11.7. The SMILES string of the molecule is CNC1CCN(C(=O)CCC(C)(C)C)C1.Cl. The molecule has 96 valence electrons. The summed E-state index contributed by atoms with van der Waals surface area (Å²) in [6, 6.07) is 0.503. The fourth-order valence-corrected chi connectivity index (χ4v) is 1.86. The Morgan fingerprint density at radius 1 is 1.44 bits per heavy atom. The molecule has 1 saturated heterocycles. The summed E-state index contributed by atoms with van der Waals surface area (Å²) in [6.07, 6.45) is 2.77. The molecule has 1 aliphatic rings. The van der Waals surface area contributed by atoms with Gasteiger partial charge in [0.05, 0.1) is 0 Å². The zero-order chi connectivity index (χ0) is 11.5. The Hall–Kier alpha value is -0.280. The Bertz CT molecular complexity index is 226. The van der Waals surface area contributed by atoms with Crippen molar-refractivity contribution in [2.45, 2.75) is 46.1 Å². The van der Waals surface area contributed by atoms with Crippen LogP contribution in [0.15, 0.2) is 0 Å². The number of likely N-dealkylation sites (N-methyl/N-ethyl adjacent to an activating group) is 1. The maximum Gasteiger partial charge on any atom is 0.222 e. The molecule has 16 heavy (non-hydrogen) atoms. The summed E-state index contributed by atoms with van der Waals surface area (Å²) in [5.41, 5.74) is 0.262. The van der Waals surface area contributed by atoms with E-state index in [2.05, 4.69) is 26.1 Å². The number of hydrogen-bond acceptors (Lipinski definition) is 2. The average molecular weight is 249 g/mol. The number of carbonyl (C=O) groups excluding carboxylic acids is 1. The Labute approximate surface area is 105 Å². The van der Waals surface area contributed by atoms with E-state index in [1.165, 1.54) is 0 Å². The van der Waals surface area contributed by atoms with E-state index in [1.54, 1.807) is 0 Å². The van der Waals surface area contributed by atoms with Crippen LogP contribution in [0, 0.1) is 5.41 Å². The highest BCUT2D eigenvalue weighted by atomic mass is 35.5. The second-order valence-corrected chi connectivity index (χ2v) is 5.67. The molecular weight excluding hydrogens is 224 g/mol. The van der Waals surface area contributed by atoms with Crippen LogP contribution in [0.2, 0.25) is 0 Å². The van der Waals surface area contributed by atoms with Gasteiger partial charge < -0.3 is 10.2 Å². The van der Waals surface area contributed by atoms with Gasteiger partial charge in [0, 0.05) is 25.6 Å². The van der Waals surface area contributed by atoms with Gasteiger partial charge in [0.1, 0.15) is 0 Å². The van der Waals surface area contributed by atoms with Gasteiger partial charge in [-0.1, -0.05) is 20.8 Å². The predicted molar refractivity (Wildman–Crippen MR) is 70.0 cm³/mol. The number of halogens is 1. The van der Waals surface area contributed by atoms with Gasteiger partial charge in [-0.3, -0.25) is 4.79 Å². The first-order valence-corrected chi connectivity index (χ1v) is 5.87. The number of likely N-dealkylation sites (tertiary alicyclic amines) is 1. The van der Waals surface area contributed by atoms with Crippen molar-refractivity contribution in [1.29, 1.82) is 0 Å². The number of nitrogens with zero attached hydrogens (tertiary/aromatic N) is 1. The van der Waals surface area contributed by atoms with Crippen LogP contribution in [0.1, 0.15) is 40.0 Å². The Kier molecular flexibility index (Phi) is 6.34. The topological polar surface area (TPSA) is 32.3 Å². The number of rotatable bonds is 3. The van der Waals surface area contributed by atoms with Crippen LogP contribution in [-0.2, 0) is 4.79 Å². The van der Waals surface area contributed by atoms with E-state index >= 15 is 0 Å². The van der Waals surface area contributed by atoms with E-state index in [9.17, 15) is 4.79 Å². The lowest BCUT2D eigenvalue weighted by Crippen LogP contribution is -2.33. The molecule has 3 nitrogen and oxygen atoms in total. The van der Waals surface area contributed by atoms with Crippen LogP contribution in [0.4, 0.5) is 0 Å². The maximum absolute atomic E-state index is 11.9. The van der Waals surface area contributed by atoms with Crippen molar-refractivity contribution in [2.24, 2.45) is 5.41 Å². The fourth-order valence-electron chi connectivity index (χ4n) is 1.86. The Morgan fingerprint density at radius 3 is 2.50 bits per heavy atom. The predicted octanol–water partition coefficient (Wildman–Crippen LogP) is 2.05. The summed E-state index contributed by atoms with van der Waals surface area (Å²) in [5.74, 6) is 0.322. The van der Waals surface area contributed by atoms with Crippen molar-refractivity contribution in [3.8, 4) is 0 Å². The summed E-state index contributed by atoms with van der Waals surface area (Å²) in [6.45, 7) is 8.36. The second kappa shape index (κ2) is 6.45. The van der Waals surface area contributed by atoms with E-state index in [0.717, 1.165) is 25.9 Å².